The molecule has 2 aromatic carbocycles. The molecular formula is C13H9F3N2O2. The summed E-state index contributed by atoms with van der Waals surface area (Å²) >= 11 is 0. The van der Waals surface area contributed by atoms with Crippen LogP contribution in [0.15, 0.2) is 48.5 Å². The quantitative estimate of drug-likeness (QED) is 0.672. The van der Waals surface area contributed by atoms with E-state index in [2.05, 4.69) is 5.32 Å². The first-order valence-electron chi connectivity index (χ1n) is 5.55. The molecule has 0 atom stereocenters. The number of nitrogens with zero attached hydrogens (tertiary/aromatic N) is 1. The lowest BCUT2D eigenvalue weighted by atomic mass is 10.2. The highest BCUT2D eigenvalue weighted by atomic mass is 19.4. The number of anilines is 2. The third kappa shape index (κ3) is 3.25. The fraction of sp³-hybridized carbons (Fsp3) is 0.0769. The first-order chi connectivity index (χ1) is 9.36. The molecule has 0 radical (unpaired) electrons. The van der Waals surface area contributed by atoms with Crippen molar-refractivity contribution < 1.29 is 18.1 Å². The van der Waals surface area contributed by atoms with Crippen LogP contribution >= 0.6 is 0 Å². The molecule has 104 valence electrons. The number of nitrogens with one attached hydrogen (secondary N) is 1. The van der Waals surface area contributed by atoms with Gasteiger partial charge in [0, 0.05) is 23.5 Å². The summed E-state index contributed by atoms with van der Waals surface area (Å²) in [4.78, 5) is 10.1. The lowest BCUT2D eigenvalue weighted by Crippen LogP contribution is -2.04. The van der Waals surface area contributed by atoms with E-state index in [9.17, 15) is 23.3 Å². The highest BCUT2D eigenvalue weighted by Crippen LogP contribution is 2.30. The van der Waals surface area contributed by atoms with Gasteiger partial charge in [-0.15, -0.1) is 0 Å². The molecule has 0 bridgehead atoms. The maximum atomic E-state index is 12.4. The molecule has 20 heavy (non-hydrogen) atoms. The molecule has 0 aliphatic carbocycles. The van der Waals surface area contributed by atoms with Gasteiger partial charge in [0.1, 0.15) is 0 Å². The molecule has 1 N–H and O–H groups in total. The molecular weight excluding hydrogens is 273 g/mol. The predicted molar refractivity (Wildman–Crippen MR) is 67.8 cm³/mol. The lowest BCUT2D eigenvalue weighted by Gasteiger charge is -2.09. The van der Waals surface area contributed by atoms with Crippen molar-refractivity contribution in [3.63, 3.8) is 0 Å². The standard InChI is InChI=1S/C13H9F3N2O2/c14-13(15,16)9-4-6-10(7-5-9)17-11-2-1-3-12(8-11)18(19)20/h1-8,17H. The second kappa shape index (κ2) is 5.20. The monoisotopic (exact) mass is 282 g/mol. The van der Waals surface area contributed by atoms with Crippen molar-refractivity contribution in [1.29, 1.82) is 0 Å². The van der Waals surface area contributed by atoms with Gasteiger partial charge in [0.15, 0.2) is 0 Å². The van der Waals surface area contributed by atoms with Crippen LogP contribution in [0, 0.1) is 10.1 Å². The Hall–Kier alpha value is -2.57. The molecule has 0 aromatic heterocycles. The molecule has 0 aliphatic rings. The number of hydrogen-bond acceptors (Lipinski definition) is 3. The van der Waals surface area contributed by atoms with Crippen molar-refractivity contribution in [2.75, 3.05) is 5.32 Å². The van der Waals surface area contributed by atoms with Gasteiger partial charge in [0.25, 0.3) is 5.69 Å². The summed E-state index contributed by atoms with van der Waals surface area (Å²) in [5, 5.41) is 13.4. The summed E-state index contributed by atoms with van der Waals surface area (Å²) in [6.45, 7) is 0. The molecule has 0 saturated heterocycles. The average molecular weight is 282 g/mol. The van der Waals surface area contributed by atoms with E-state index in [1.54, 1.807) is 6.07 Å². The van der Waals surface area contributed by atoms with Crippen LogP contribution in [0.25, 0.3) is 0 Å². The fourth-order valence-corrected chi connectivity index (χ4v) is 1.61. The Labute approximate surface area is 112 Å². The zero-order valence-electron chi connectivity index (χ0n) is 10.0. The minimum Gasteiger partial charge on any atom is -0.355 e. The molecule has 7 heteroatoms. The van der Waals surface area contributed by atoms with E-state index in [-0.39, 0.29) is 5.69 Å². The number of hydrogen-bond donors (Lipinski definition) is 1. The second-order valence-corrected chi connectivity index (χ2v) is 4.01. The van der Waals surface area contributed by atoms with Crippen LogP contribution in [0.3, 0.4) is 0 Å². The predicted octanol–water partition coefficient (Wildman–Crippen LogP) is 4.36. The molecule has 0 heterocycles. The molecule has 2 aromatic rings. The Balaban J connectivity index is 2.18. The maximum absolute atomic E-state index is 12.4. The van der Waals surface area contributed by atoms with Gasteiger partial charge in [0.2, 0.25) is 0 Å². The Morgan fingerprint density at radius 3 is 2.20 bits per heavy atom. The van der Waals surface area contributed by atoms with Crippen molar-refractivity contribution in [1.82, 2.24) is 0 Å². The van der Waals surface area contributed by atoms with Crippen molar-refractivity contribution in [3.8, 4) is 0 Å². The van der Waals surface area contributed by atoms with Crippen molar-refractivity contribution in [2.45, 2.75) is 6.18 Å². The summed E-state index contributed by atoms with van der Waals surface area (Å²) in [5.41, 5.74) is 0.00135. The smallest absolute Gasteiger partial charge is 0.355 e. The van der Waals surface area contributed by atoms with Crippen LogP contribution in [0.1, 0.15) is 5.56 Å². The first kappa shape index (κ1) is 13.9. The highest BCUT2D eigenvalue weighted by molar-refractivity contribution is 5.62. The number of nitro benzene ring substituents is 1. The van der Waals surface area contributed by atoms with Crippen LogP contribution in [-0.4, -0.2) is 4.92 Å². The average Bonchev–Trinajstić information content (AvgIpc) is 2.38. The first-order valence-corrected chi connectivity index (χ1v) is 5.55. The van der Waals surface area contributed by atoms with E-state index in [1.165, 1.54) is 30.3 Å². The van der Waals surface area contributed by atoms with Gasteiger partial charge in [-0.2, -0.15) is 13.2 Å². The Bertz CT molecular complexity index is 624. The van der Waals surface area contributed by atoms with E-state index < -0.39 is 16.7 Å². The molecule has 0 aliphatic heterocycles. The zero-order chi connectivity index (χ0) is 14.8. The normalized spacial score (nSPS) is 11.2. The van der Waals surface area contributed by atoms with E-state index in [0.29, 0.717) is 11.4 Å². The van der Waals surface area contributed by atoms with Gasteiger partial charge < -0.3 is 5.32 Å². The van der Waals surface area contributed by atoms with E-state index in [0.717, 1.165) is 12.1 Å². The van der Waals surface area contributed by atoms with E-state index in [1.807, 2.05) is 0 Å². The second-order valence-electron chi connectivity index (χ2n) is 4.01. The zero-order valence-corrected chi connectivity index (χ0v) is 10.0. The van der Waals surface area contributed by atoms with Crippen LogP contribution in [0.5, 0.6) is 0 Å². The summed E-state index contributed by atoms with van der Waals surface area (Å²) < 4.78 is 37.2. The van der Waals surface area contributed by atoms with Crippen LogP contribution < -0.4 is 5.32 Å². The van der Waals surface area contributed by atoms with Gasteiger partial charge in [-0.05, 0) is 30.3 Å². The fourth-order valence-electron chi connectivity index (χ4n) is 1.61. The van der Waals surface area contributed by atoms with Crippen molar-refractivity contribution in [3.05, 3.63) is 64.2 Å². The van der Waals surface area contributed by atoms with Gasteiger partial charge in [-0.1, -0.05) is 6.07 Å². The lowest BCUT2D eigenvalue weighted by molar-refractivity contribution is -0.384. The minimum atomic E-state index is -4.38. The third-order valence-electron chi connectivity index (χ3n) is 2.56. The maximum Gasteiger partial charge on any atom is 0.416 e. The van der Waals surface area contributed by atoms with Gasteiger partial charge >= 0.3 is 6.18 Å². The van der Waals surface area contributed by atoms with Crippen molar-refractivity contribution in [2.24, 2.45) is 0 Å². The van der Waals surface area contributed by atoms with Crippen molar-refractivity contribution >= 4 is 17.1 Å². The highest BCUT2D eigenvalue weighted by Gasteiger charge is 2.29. The molecule has 0 amide bonds. The third-order valence-corrected chi connectivity index (χ3v) is 2.56. The Morgan fingerprint density at radius 2 is 1.65 bits per heavy atom. The number of benzene rings is 2. The summed E-state index contributed by atoms with van der Waals surface area (Å²) in [6, 6.07) is 10.1. The number of halogens is 3. The number of nitro groups is 1. The van der Waals surface area contributed by atoms with E-state index >= 15 is 0 Å². The number of non-ortho nitro benzene ring substituents is 1. The molecule has 0 saturated carbocycles. The van der Waals surface area contributed by atoms with Crippen LogP contribution in [0.4, 0.5) is 30.2 Å². The number of rotatable bonds is 3. The number of alkyl halides is 3. The molecule has 2 rings (SSSR count). The Kier molecular flexibility index (Phi) is 3.60. The van der Waals surface area contributed by atoms with Crippen LogP contribution in [-0.2, 0) is 6.18 Å². The van der Waals surface area contributed by atoms with Gasteiger partial charge in [-0.3, -0.25) is 10.1 Å². The van der Waals surface area contributed by atoms with Crippen LogP contribution in [0.2, 0.25) is 0 Å². The summed E-state index contributed by atoms with van der Waals surface area (Å²) in [6.07, 6.45) is -4.38. The van der Waals surface area contributed by atoms with E-state index in [4.69, 9.17) is 0 Å². The summed E-state index contributed by atoms with van der Waals surface area (Å²) in [5.74, 6) is 0. The molecule has 0 spiro atoms. The minimum absolute atomic E-state index is 0.0955. The van der Waals surface area contributed by atoms with Gasteiger partial charge in [0.05, 0.1) is 10.5 Å². The SMILES string of the molecule is O=[N+]([O-])c1cccc(Nc2ccc(C(F)(F)F)cc2)c1. The molecule has 0 fully saturated rings. The van der Waals surface area contributed by atoms with Gasteiger partial charge in [-0.25, -0.2) is 0 Å². The molecule has 4 nitrogen and oxygen atoms in total. The Morgan fingerprint density at radius 1 is 1.00 bits per heavy atom. The largest absolute Gasteiger partial charge is 0.416 e. The topological polar surface area (TPSA) is 55.2 Å². The summed E-state index contributed by atoms with van der Waals surface area (Å²) in [7, 11) is 0. The molecule has 0 unspecified atom stereocenters.